The van der Waals surface area contributed by atoms with Crippen LogP contribution in [0.15, 0.2) is 52.3 Å². The van der Waals surface area contributed by atoms with E-state index in [2.05, 4.69) is 0 Å². The number of nitrogens with one attached hydrogen (secondary N) is 1. The molecule has 0 amide bonds. The van der Waals surface area contributed by atoms with Gasteiger partial charge in [0.05, 0.1) is 0 Å². The first kappa shape index (κ1) is 14.5. The fourth-order valence-electron chi connectivity index (χ4n) is 1.46. The molecule has 0 heterocycles. The van der Waals surface area contributed by atoms with Crippen molar-refractivity contribution in [1.29, 1.82) is 5.41 Å². The molecule has 20 heavy (non-hydrogen) atoms. The highest BCUT2D eigenvalue weighted by Gasteiger charge is 2.10. The van der Waals surface area contributed by atoms with E-state index in [9.17, 15) is 9.90 Å². The van der Waals surface area contributed by atoms with Crippen LogP contribution in [0.4, 0.5) is 0 Å². The third kappa shape index (κ3) is 3.55. The summed E-state index contributed by atoms with van der Waals surface area (Å²) < 4.78 is 0. The number of carbonyl (C=O) groups is 1. The molecule has 0 aliphatic carbocycles. The van der Waals surface area contributed by atoms with Crippen LogP contribution in [0, 0.1) is 5.41 Å². The van der Waals surface area contributed by atoms with Crippen molar-refractivity contribution in [3.05, 3.63) is 53.6 Å². The van der Waals surface area contributed by atoms with Gasteiger partial charge in [0, 0.05) is 16.0 Å². The van der Waals surface area contributed by atoms with E-state index < -0.39 is 5.97 Å². The molecule has 0 atom stereocenters. The number of rotatable bonds is 5. The van der Waals surface area contributed by atoms with Crippen molar-refractivity contribution in [2.24, 2.45) is 0 Å². The second-order valence-corrected chi connectivity index (χ2v) is 6.14. The number of carboxylic acid groups (broad SMARTS) is 1. The van der Waals surface area contributed by atoms with E-state index in [0.29, 0.717) is 0 Å². The van der Waals surface area contributed by atoms with Crippen LogP contribution in [0.3, 0.4) is 0 Å². The summed E-state index contributed by atoms with van der Waals surface area (Å²) in [6.45, 7) is 0. The molecule has 0 aliphatic heterocycles. The molecule has 2 aromatic carbocycles. The second-order valence-electron chi connectivity index (χ2n) is 3.86. The summed E-state index contributed by atoms with van der Waals surface area (Å²) in [5.74, 6) is -1.38. The maximum atomic E-state index is 10.8. The minimum absolute atomic E-state index is 0.102. The molecule has 0 aromatic heterocycles. The minimum Gasteiger partial charge on any atom is -0.507 e. The van der Waals surface area contributed by atoms with Crippen molar-refractivity contribution in [3.8, 4) is 5.75 Å². The molecule has 0 unspecified atom stereocenters. The van der Waals surface area contributed by atoms with Gasteiger partial charge in [0.1, 0.15) is 11.3 Å². The zero-order valence-electron chi connectivity index (χ0n) is 10.2. The van der Waals surface area contributed by atoms with Gasteiger partial charge in [-0.05, 0) is 35.9 Å². The van der Waals surface area contributed by atoms with Crippen molar-refractivity contribution >= 4 is 33.8 Å². The first-order valence-corrected chi connectivity index (χ1v) is 7.76. The predicted octanol–water partition coefficient (Wildman–Crippen LogP) is 3.89. The van der Waals surface area contributed by atoms with E-state index in [1.807, 2.05) is 24.3 Å². The Morgan fingerprint density at radius 1 is 1.05 bits per heavy atom. The average Bonchev–Trinajstić information content (AvgIpc) is 2.45. The van der Waals surface area contributed by atoms with Gasteiger partial charge in [-0.3, -0.25) is 0 Å². The quantitative estimate of drug-likeness (QED) is 0.577. The fourth-order valence-corrected chi connectivity index (χ4v) is 3.40. The van der Waals surface area contributed by atoms with Crippen LogP contribution in [0.25, 0.3) is 0 Å². The highest BCUT2D eigenvalue weighted by Crippen LogP contribution is 2.38. The van der Waals surface area contributed by atoms with Gasteiger partial charge in [-0.1, -0.05) is 33.7 Å². The summed E-state index contributed by atoms with van der Waals surface area (Å²) in [5.41, 5.74) is 0.734. The minimum atomic E-state index is -1.14. The van der Waals surface area contributed by atoms with Gasteiger partial charge >= 0.3 is 5.97 Å². The van der Waals surface area contributed by atoms with Crippen molar-refractivity contribution < 1.29 is 15.0 Å². The molecule has 2 rings (SSSR count). The number of aromatic hydroxyl groups is 1. The normalized spacial score (nSPS) is 10.2. The summed E-state index contributed by atoms with van der Waals surface area (Å²) >= 11 is 0. The van der Waals surface area contributed by atoms with Crippen molar-refractivity contribution in [2.75, 3.05) is 0 Å². The lowest BCUT2D eigenvalue weighted by atomic mass is 10.2. The van der Waals surface area contributed by atoms with Gasteiger partial charge in [-0.15, -0.1) is 0 Å². The molecular weight excluding hydrogens is 294 g/mol. The third-order valence-electron chi connectivity index (χ3n) is 2.48. The van der Waals surface area contributed by atoms with E-state index in [0.717, 1.165) is 15.4 Å². The van der Waals surface area contributed by atoms with Gasteiger partial charge < -0.3 is 15.6 Å². The molecule has 2 aromatic rings. The molecule has 0 bridgehead atoms. The second kappa shape index (κ2) is 6.49. The van der Waals surface area contributed by atoms with Crippen molar-refractivity contribution in [1.82, 2.24) is 0 Å². The van der Waals surface area contributed by atoms with Gasteiger partial charge in [0.25, 0.3) is 0 Å². The van der Waals surface area contributed by atoms with Crippen molar-refractivity contribution in [2.45, 2.75) is 9.79 Å². The molecule has 102 valence electrons. The first-order chi connectivity index (χ1) is 9.60. The van der Waals surface area contributed by atoms with Crippen molar-refractivity contribution in [3.63, 3.8) is 0 Å². The van der Waals surface area contributed by atoms with Gasteiger partial charge in [-0.2, -0.15) is 0 Å². The Kier molecular flexibility index (Phi) is 4.70. The number of phenols is 1. The summed E-state index contributed by atoms with van der Waals surface area (Å²) in [6, 6.07) is 12.0. The zero-order chi connectivity index (χ0) is 14.5. The molecular formula is C14H11NO3S2. The molecule has 0 aliphatic rings. The van der Waals surface area contributed by atoms with Crippen LogP contribution in [-0.2, 0) is 0 Å². The Bertz CT molecular complexity index is 641. The largest absolute Gasteiger partial charge is 0.507 e. The lowest BCUT2D eigenvalue weighted by Crippen LogP contribution is -1.95. The molecule has 3 N–H and O–H groups in total. The molecule has 6 heteroatoms. The van der Waals surface area contributed by atoms with Gasteiger partial charge in [0.15, 0.2) is 0 Å². The number of hydrogen-bond donors (Lipinski definition) is 3. The first-order valence-electron chi connectivity index (χ1n) is 5.61. The van der Waals surface area contributed by atoms with Crippen LogP contribution in [0.1, 0.15) is 15.9 Å². The maximum absolute atomic E-state index is 10.8. The number of carboxylic acids is 1. The van der Waals surface area contributed by atoms with Crippen LogP contribution < -0.4 is 0 Å². The van der Waals surface area contributed by atoms with Gasteiger partial charge in [-0.25, -0.2) is 4.79 Å². The maximum Gasteiger partial charge on any atom is 0.339 e. The highest BCUT2D eigenvalue weighted by molar-refractivity contribution is 8.76. The Balaban J connectivity index is 2.05. The summed E-state index contributed by atoms with van der Waals surface area (Å²) in [4.78, 5) is 12.6. The zero-order valence-corrected chi connectivity index (χ0v) is 11.9. The summed E-state index contributed by atoms with van der Waals surface area (Å²) in [7, 11) is 2.93. The SMILES string of the molecule is N=Cc1ccc(SSc2ccc(C(=O)O)c(O)c2)cc1. The standard InChI is InChI=1S/C14H11NO3S2/c15-8-9-1-3-10(4-2-9)19-20-11-5-6-12(14(17)18)13(16)7-11/h1-8,15-16H,(H,17,18). The molecule has 4 nitrogen and oxygen atoms in total. The number of hydrogen-bond acceptors (Lipinski definition) is 5. The Morgan fingerprint density at radius 2 is 1.65 bits per heavy atom. The lowest BCUT2D eigenvalue weighted by Gasteiger charge is -2.04. The van der Waals surface area contributed by atoms with E-state index >= 15 is 0 Å². The van der Waals surface area contributed by atoms with E-state index in [4.69, 9.17) is 10.5 Å². The van der Waals surface area contributed by atoms with Gasteiger partial charge in [0.2, 0.25) is 0 Å². The van der Waals surface area contributed by atoms with Crippen LogP contribution in [0.5, 0.6) is 5.75 Å². The fraction of sp³-hybridized carbons (Fsp3) is 0. The van der Waals surface area contributed by atoms with E-state index in [-0.39, 0.29) is 11.3 Å². The highest BCUT2D eigenvalue weighted by atomic mass is 33.1. The van der Waals surface area contributed by atoms with Crippen LogP contribution in [-0.4, -0.2) is 22.4 Å². The topological polar surface area (TPSA) is 81.4 Å². The third-order valence-corrected chi connectivity index (χ3v) is 4.88. The Morgan fingerprint density at radius 3 is 2.20 bits per heavy atom. The molecule has 0 spiro atoms. The summed E-state index contributed by atoms with van der Waals surface area (Å²) in [5, 5.41) is 25.5. The monoisotopic (exact) mass is 305 g/mol. The summed E-state index contributed by atoms with van der Waals surface area (Å²) in [6.07, 6.45) is 1.28. The molecule has 0 fully saturated rings. The molecule has 0 saturated carbocycles. The van der Waals surface area contributed by atoms with Crippen LogP contribution in [0.2, 0.25) is 0 Å². The molecule has 0 saturated heterocycles. The number of benzene rings is 2. The Labute approximate surface area is 123 Å². The van der Waals surface area contributed by atoms with E-state index in [1.54, 1.807) is 6.07 Å². The number of aromatic carboxylic acids is 1. The lowest BCUT2D eigenvalue weighted by molar-refractivity contribution is 0.0693. The predicted molar refractivity (Wildman–Crippen MR) is 81.1 cm³/mol. The van der Waals surface area contributed by atoms with Crippen LogP contribution >= 0.6 is 21.6 Å². The molecule has 0 radical (unpaired) electrons. The van der Waals surface area contributed by atoms with E-state index in [1.165, 1.54) is 39.9 Å². The smallest absolute Gasteiger partial charge is 0.339 e. The average molecular weight is 305 g/mol. The Hall–Kier alpha value is -1.92.